The number of rotatable bonds is 7. The second-order valence-electron chi connectivity index (χ2n) is 7.32. The zero-order chi connectivity index (χ0) is 19.2. The van der Waals surface area contributed by atoms with Crippen LogP contribution in [-0.4, -0.2) is 52.2 Å². The molecule has 2 N–H and O–H groups in total. The van der Waals surface area contributed by atoms with Gasteiger partial charge in [-0.25, -0.2) is 4.98 Å². The standard InChI is InChI=1S/C22H25N5O/c28-22(20-8-4-7-19(13-20)21-24-16-25-26-21)23-14-18-10-12-27(15-18)11-9-17-5-2-1-3-6-17/h1-8,13,16,18H,9-12,14-15H2,(H,23,28)(H,24,25,26). The van der Waals surface area contributed by atoms with Crippen LogP contribution >= 0.6 is 0 Å². The van der Waals surface area contributed by atoms with Crippen LogP contribution in [0.1, 0.15) is 22.3 Å². The Morgan fingerprint density at radius 1 is 1.18 bits per heavy atom. The van der Waals surface area contributed by atoms with Gasteiger partial charge in [0.25, 0.3) is 5.91 Å². The fourth-order valence-corrected chi connectivity index (χ4v) is 3.71. The summed E-state index contributed by atoms with van der Waals surface area (Å²) in [5.74, 6) is 1.14. The molecule has 0 spiro atoms. The maximum Gasteiger partial charge on any atom is 0.251 e. The lowest BCUT2D eigenvalue weighted by Gasteiger charge is -2.16. The van der Waals surface area contributed by atoms with Gasteiger partial charge >= 0.3 is 0 Å². The molecule has 0 saturated carbocycles. The van der Waals surface area contributed by atoms with Gasteiger partial charge in [-0.3, -0.25) is 9.89 Å². The first-order chi connectivity index (χ1) is 13.8. The van der Waals surface area contributed by atoms with Crippen LogP contribution in [0.2, 0.25) is 0 Å². The lowest BCUT2D eigenvalue weighted by atomic mass is 10.1. The molecule has 2 aromatic carbocycles. The summed E-state index contributed by atoms with van der Waals surface area (Å²) in [7, 11) is 0. The Morgan fingerprint density at radius 3 is 2.89 bits per heavy atom. The molecule has 1 aliphatic heterocycles. The third kappa shape index (κ3) is 4.64. The Balaban J connectivity index is 1.25. The van der Waals surface area contributed by atoms with Gasteiger partial charge in [0.15, 0.2) is 5.82 Å². The normalized spacial score (nSPS) is 16.9. The largest absolute Gasteiger partial charge is 0.352 e. The Bertz CT molecular complexity index is 894. The summed E-state index contributed by atoms with van der Waals surface area (Å²) in [5.41, 5.74) is 2.89. The quantitative estimate of drug-likeness (QED) is 0.666. The minimum Gasteiger partial charge on any atom is -0.352 e. The molecule has 144 valence electrons. The van der Waals surface area contributed by atoms with Gasteiger partial charge in [-0.1, -0.05) is 42.5 Å². The summed E-state index contributed by atoms with van der Waals surface area (Å²) in [4.78, 5) is 19.2. The van der Waals surface area contributed by atoms with Crippen molar-refractivity contribution in [2.45, 2.75) is 12.8 Å². The fraction of sp³-hybridized carbons (Fsp3) is 0.318. The number of carbonyl (C=O) groups is 1. The van der Waals surface area contributed by atoms with E-state index in [-0.39, 0.29) is 5.91 Å². The zero-order valence-electron chi connectivity index (χ0n) is 15.8. The molecule has 3 aromatic rings. The number of hydrogen-bond acceptors (Lipinski definition) is 4. The number of nitrogens with zero attached hydrogens (tertiary/aromatic N) is 3. The van der Waals surface area contributed by atoms with Crippen LogP contribution in [0.4, 0.5) is 0 Å². The molecule has 4 rings (SSSR count). The van der Waals surface area contributed by atoms with E-state index in [0.717, 1.165) is 38.0 Å². The van der Waals surface area contributed by atoms with Crippen molar-refractivity contribution in [1.29, 1.82) is 0 Å². The summed E-state index contributed by atoms with van der Waals surface area (Å²) >= 11 is 0. The molecule has 2 heterocycles. The van der Waals surface area contributed by atoms with Gasteiger partial charge < -0.3 is 10.2 Å². The van der Waals surface area contributed by atoms with E-state index in [1.807, 2.05) is 24.3 Å². The first kappa shape index (κ1) is 18.4. The summed E-state index contributed by atoms with van der Waals surface area (Å²) < 4.78 is 0. The molecule has 1 aromatic heterocycles. The highest BCUT2D eigenvalue weighted by atomic mass is 16.1. The average molecular weight is 375 g/mol. The molecule has 1 fully saturated rings. The van der Waals surface area contributed by atoms with Crippen molar-refractivity contribution < 1.29 is 4.79 Å². The van der Waals surface area contributed by atoms with E-state index in [1.165, 1.54) is 11.9 Å². The van der Waals surface area contributed by atoms with Crippen LogP contribution in [0.15, 0.2) is 60.9 Å². The molecule has 1 amide bonds. The van der Waals surface area contributed by atoms with Gasteiger partial charge in [-0.2, -0.15) is 5.10 Å². The van der Waals surface area contributed by atoms with E-state index in [0.29, 0.717) is 23.9 Å². The Morgan fingerprint density at radius 2 is 2.07 bits per heavy atom. The van der Waals surface area contributed by atoms with Crippen molar-refractivity contribution in [1.82, 2.24) is 25.4 Å². The van der Waals surface area contributed by atoms with Gasteiger partial charge in [0, 0.05) is 30.8 Å². The number of likely N-dealkylation sites (tertiary alicyclic amines) is 1. The van der Waals surface area contributed by atoms with E-state index in [4.69, 9.17) is 0 Å². The van der Waals surface area contributed by atoms with E-state index >= 15 is 0 Å². The third-order valence-electron chi connectivity index (χ3n) is 5.29. The topological polar surface area (TPSA) is 73.9 Å². The number of aromatic amines is 1. The zero-order valence-corrected chi connectivity index (χ0v) is 15.8. The monoisotopic (exact) mass is 375 g/mol. The van der Waals surface area contributed by atoms with Crippen molar-refractivity contribution in [2.24, 2.45) is 5.92 Å². The number of hydrogen-bond donors (Lipinski definition) is 2. The number of amides is 1. The smallest absolute Gasteiger partial charge is 0.251 e. The van der Waals surface area contributed by atoms with Gasteiger partial charge in [0.1, 0.15) is 6.33 Å². The van der Waals surface area contributed by atoms with Gasteiger partial charge in [-0.15, -0.1) is 0 Å². The van der Waals surface area contributed by atoms with Crippen molar-refractivity contribution in [3.63, 3.8) is 0 Å². The molecule has 1 saturated heterocycles. The molecule has 28 heavy (non-hydrogen) atoms. The predicted octanol–water partition coefficient (Wildman–Crippen LogP) is 2.77. The molecule has 1 atom stereocenters. The van der Waals surface area contributed by atoms with Crippen LogP contribution in [0.25, 0.3) is 11.4 Å². The van der Waals surface area contributed by atoms with Crippen LogP contribution in [0.3, 0.4) is 0 Å². The Labute approximate surface area is 165 Å². The van der Waals surface area contributed by atoms with E-state index < -0.39 is 0 Å². The van der Waals surface area contributed by atoms with Gasteiger partial charge in [-0.05, 0) is 43.0 Å². The lowest BCUT2D eigenvalue weighted by Crippen LogP contribution is -2.31. The van der Waals surface area contributed by atoms with Gasteiger partial charge in [0.05, 0.1) is 0 Å². The fourth-order valence-electron chi connectivity index (χ4n) is 3.71. The number of nitrogens with one attached hydrogen (secondary N) is 2. The molecule has 6 nitrogen and oxygen atoms in total. The summed E-state index contributed by atoms with van der Waals surface area (Å²) in [6, 6.07) is 18.1. The van der Waals surface area contributed by atoms with Crippen LogP contribution in [0, 0.1) is 5.92 Å². The Kier molecular flexibility index (Phi) is 5.77. The molecule has 1 unspecified atom stereocenters. The molecular formula is C22H25N5O. The summed E-state index contributed by atoms with van der Waals surface area (Å²) in [5, 5.41) is 9.78. The number of H-pyrrole nitrogens is 1. The highest BCUT2D eigenvalue weighted by Gasteiger charge is 2.22. The number of aromatic nitrogens is 3. The highest BCUT2D eigenvalue weighted by molar-refractivity contribution is 5.95. The second kappa shape index (κ2) is 8.80. The average Bonchev–Trinajstić information content (AvgIpc) is 3.44. The number of benzene rings is 2. The maximum atomic E-state index is 12.5. The minimum absolute atomic E-state index is 0.0379. The van der Waals surface area contributed by atoms with Crippen LogP contribution < -0.4 is 5.32 Å². The van der Waals surface area contributed by atoms with Crippen LogP contribution in [-0.2, 0) is 6.42 Å². The number of carbonyl (C=O) groups excluding carboxylic acids is 1. The van der Waals surface area contributed by atoms with Crippen molar-refractivity contribution in [3.05, 3.63) is 72.1 Å². The van der Waals surface area contributed by atoms with Crippen molar-refractivity contribution in [3.8, 4) is 11.4 Å². The molecule has 0 bridgehead atoms. The van der Waals surface area contributed by atoms with Gasteiger partial charge in [0.2, 0.25) is 0 Å². The lowest BCUT2D eigenvalue weighted by molar-refractivity contribution is 0.0947. The second-order valence-corrected chi connectivity index (χ2v) is 7.32. The molecule has 6 heteroatoms. The third-order valence-corrected chi connectivity index (χ3v) is 5.29. The van der Waals surface area contributed by atoms with E-state index in [9.17, 15) is 4.79 Å². The van der Waals surface area contributed by atoms with E-state index in [2.05, 4.69) is 55.7 Å². The predicted molar refractivity (Wildman–Crippen MR) is 109 cm³/mol. The molecule has 0 aliphatic carbocycles. The van der Waals surface area contributed by atoms with E-state index in [1.54, 1.807) is 0 Å². The molecule has 1 aliphatic rings. The summed E-state index contributed by atoms with van der Waals surface area (Å²) in [6.07, 6.45) is 3.67. The Hall–Kier alpha value is -2.99. The van der Waals surface area contributed by atoms with Crippen molar-refractivity contribution >= 4 is 5.91 Å². The first-order valence-corrected chi connectivity index (χ1v) is 9.78. The SMILES string of the molecule is O=C(NCC1CCN(CCc2ccccc2)C1)c1cccc(-c2ncn[nH]2)c1. The summed E-state index contributed by atoms with van der Waals surface area (Å²) in [6.45, 7) is 3.94. The van der Waals surface area contributed by atoms with Crippen LogP contribution in [0.5, 0.6) is 0 Å². The minimum atomic E-state index is -0.0379. The first-order valence-electron chi connectivity index (χ1n) is 9.78. The highest BCUT2D eigenvalue weighted by Crippen LogP contribution is 2.18. The maximum absolute atomic E-state index is 12.5. The van der Waals surface area contributed by atoms with Crippen molar-refractivity contribution in [2.75, 3.05) is 26.2 Å². The molecule has 0 radical (unpaired) electrons. The molecular weight excluding hydrogens is 350 g/mol.